The van der Waals surface area contributed by atoms with Crippen LogP contribution in [0.25, 0.3) is 0 Å². The molecule has 0 radical (unpaired) electrons. The molecule has 0 aromatic heterocycles. The van der Waals surface area contributed by atoms with Crippen LogP contribution in [0.15, 0.2) is 0 Å². The molecule has 102 valence electrons. The number of carbonyl (C=O) groups excluding carboxylic acids is 1. The van der Waals surface area contributed by atoms with Gasteiger partial charge in [0.2, 0.25) is 0 Å². The summed E-state index contributed by atoms with van der Waals surface area (Å²) in [6.45, 7) is 3.55. The first-order valence-corrected chi connectivity index (χ1v) is 7.17. The number of esters is 1. The van der Waals surface area contributed by atoms with E-state index in [0.29, 0.717) is 13.0 Å². The van der Waals surface area contributed by atoms with Gasteiger partial charge in [-0.1, -0.05) is 45.4 Å². The fourth-order valence-corrected chi connectivity index (χ4v) is 1.73. The molecule has 3 nitrogen and oxygen atoms in total. The lowest BCUT2D eigenvalue weighted by atomic mass is 10.1. The Kier molecular flexibility index (Phi) is 13.0. The zero-order chi connectivity index (χ0) is 12.8. The molecule has 0 aliphatic carbocycles. The Morgan fingerprint density at radius 2 is 1.59 bits per heavy atom. The van der Waals surface area contributed by atoms with Crippen LogP contribution in [-0.2, 0) is 9.53 Å². The summed E-state index contributed by atoms with van der Waals surface area (Å²) in [5, 5.41) is 0. The summed E-state index contributed by atoms with van der Waals surface area (Å²) in [7, 11) is 0. The normalized spacial score (nSPS) is 10.5. The summed E-state index contributed by atoms with van der Waals surface area (Å²) in [5.41, 5.74) is 5.39. The molecule has 0 heterocycles. The van der Waals surface area contributed by atoms with E-state index in [4.69, 9.17) is 10.5 Å². The van der Waals surface area contributed by atoms with Crippen LogP contribution in [0.2, 0.25) is 0 Å². The number of rotatable bonds is 12. The monoisotopic (exact) mass is 243 g/mol. The second-order valence-electron chi connectivity index (χ2n) is 4.59. The van der Waals surface area contributed by atoms with E-state index in [9.17, 15) is 4.79 Å². The third-order valence-electron chi connectivity index (χ3n) is 2.85. The van der Waals surface area contributed by atoms with Gasteiger partial charge in [0.1, 0.15) is 0 Å². The van der Waals surface area contributed by atoms with Gasteiger partial charge in [0.25, 0.3) is 0 Å². The molecule has 0 spiro atoms. The van der Waals surface area contributed by atoms with Gasteiger partial charge in [-0.2, -0.15) is 0 Å². The fraction of sp³-hybridized carbons (Fsp3) is 0.929. The topological polar surface area (TPSA) is 52.3 Å². The fourth-order valence-electron chi connectivity index (χ4n) is 1.73. The third kappa shape index (κ3) is 13.4. The maximum Gasteiger partial charge on any atom is 0.305 e. The van der Waals surface area contributed by atoms with Crippen molar-refractivity contribution in [2.45, 2.75) is 71.1 Å². The highest BCUT2D eigenvalue weighted by molar-refractivity contribution is 5.69. The van der Waals surface area contributed by atoms with E-state index < -0.39 is 0 Å². The van der Waals surface area contributed by atoms with Crippen LogP contribution in [0.4, 0.5) is 0 Å². The molecule has 0 fully saturated rings. The first kappa shape index (κ1) is 16.4. The van der Waals surface area contributed by atoms with Crippen molar-refractivity contribution < 1.29 is 9.53 Å². The number of unbranched alkanes of at least 4 members (excludes halogenated alkanes) is 7. The zero-order valence-electron chi connectivity index (χ0n) is 11.4. The SMILES string of the molecule is CCCCCCCOC(=O)CCCCCCN. The lowest BCUT2D eigenvalue weighted by molar-refractivity contribution is -0.143. The van der Waals surface area contributed by atoms with Gasteiger partial charge in [0.15, 0.2) is 0 Å². The molecule has 0 aromatic carbocycles. The number of nitrogens with two attached hydrogens (primary N) is 1. The van der Waals surface area contributed by atoms with E-state index in [1.165, 1.54) is 25.7 Å². The maximum atomic E-state index is 11.3. The van der Waals surface area contributed by atoms with Gasteiger partial charge < -0.3 is 10.5 Å². The molecule has 0 unspecified atom stereocenters. The van der Waals surface area contributed by atoms with Crippen LogP contribution in [0.1, 0.15) is 71.1 Å². The number of carbonyl (C=O) groups is 1. The van der Waals surface area contributed by atoms with E-state index in [-0.39, 0.29) is 5.97 Å². The van der Waals surface area contributed by atoms with Gasteiger partial charge in [0.05, 0.1) is 6.61 Å². The summed E-state index contributed by atoms with van der Waals surface area (Å²) in [5.74, 6) is -0.0340. The Hall–Kier alpha value is -0.570. The van der Waals surface area contributed by atoms with E-state index in [1.54, 1.807) is 0 Å². The first-order chi connectivity index (χ1) is 8.31. The molecular formula is C14H29NO2. The smallest absolute Gasteiger partial charge is 0.305 e. The lowest BCUT2D eigenvalue weighted by Gasteiger charge is -2.04. The van der Waals surface area contributed by atoms with Gasteiger partial charge in [-0.25, -0.2) is 0 Å². The molecule has 0 saturated heterocycles. The van der Waals surface area contributed by atoms with Gasteiger partial charge in [-0.15, -0.1) is 0 Å². The Morgan fingerprint density at radius 1 is 0.941 bits per heavy atom. The molecule has 3 heteroatoms. The highest BCUT2D eigenvalue weighted by Gasteiger charge is 2.01. The van der Waals surface area contributed by atoms with E-state index in [2.05, 4.69) is 6.92 Å². The van der Waals surface area contributed by atoms with Crippen molar-refractivity contribution in [1.29, 1.82) is 0 Å². The van der Waals surface area contributed by atoms with Crippen molar-refractivity contribution in [3.05, 3.63) is 0 Å². The predicted molar refractivity (Wildman–Crippen MR) is 71.9 cm³/mol. The average Bonchev–Trinajstić information content (AvgIpc) is 2.33. The first-order valence-electron chi connectivity index (χ1n) is 7.17. The second kappa shape index (κ2) is 13.5. The van der Waals surface area contributed by atoms with Gasteiger partial charge in [-0.3, -0.25) is 4.79 Å². The van der Waals surface area contributed by atoms with Crippen molar-refractivity contribution in [1.82, 2.24) is 0 Å². The molecule has 17 heavy (non-hydrogen) atoms. The minimum atomic E-state index is -0.0340. The Labute approximate surface area is 106 Å². The highest BCUT2D eigenvalue weighted by Crippen LogP contribution is 2.05. The second-order valence-corrected chi connectivity index (χ2v) is 4.59. The van der Waals surface area contributed by atoms with Crippen LogP contribution in [0, 0.1) is 0 Å². The molecule has 0 aliphatic rings. The van der Waals surface area contributed by atoms with Crippen molar-refractivity contribution in [3.8, 4) is 0 Å². The lowest BCUT2D eigenvalue weighted by Crippen LogP contribution is -2.05. The molecule has 0 aromatic rings. The van der Waals surface area contributed by atoms with E-state index in [1.807, 2.05) is 0 Å². The molecule has 0 amide bonds. The van der Waals surface area contributed by atoms with E-state index >= 15 is 0 Å². The van der Waals surface area contributed by atoms with E-state index in [0.717, 1.165) is 38.6 Å². The van der Waals surface area contributed by atoms with Crippen LogP contribution in [0.3, 0.4) is 0 Å². The predicted octanol–water partition coefficient (Wildman–Crippen LogP) is 3.41. The summed E-state index contributed by atoms with van der Waals surface area (Å²) >= 11 is 0. The third-order valence-corrected chi connectivity index (χ3v) is 2.85. The quantitative estimate of drug-likeness (QED) is 0.422. The number of hydrogen-bond acceptors (Lipinski definition) is 3. The largest absolute Gasteiger partial charge is 0.466 e. The Bertz CT molecular complexity index is 172. The summed E-state index contributed by atoms with van der Waals surface area (Å²) in [6.07, 6.45) is 10.8. The van der Waals surface area contributed by atoms with Crippen LogP contribution < -0.4 is 5.73 Å². The van der Waals surface area contributed by atoms with Crippen molar-refractivity contribution >= 4 is 5.97 Å². The summed E-state index contributed by atoms with van der Waals surface area (Å²) in [4.78, 5) is 11.3. The summed E-state index contributed by atoms with van der Waals surface area (Å²) < 4.78 is 5.17. The van der Waals surface area contributed by atoms with Gasteiger partial charge >= 0.3 is 5.97 Å². The molecule has 2 N–H and O–H groups in total. The maximum absolute atomic E-state index is 11.3. The molecule has 0 rings (SSSR count). The zero-order valence-corrected chi connectivity index (χ0v) is 11.4. The van der Waals surface area contributed by atoms with Gasteiger partial charge in [-0.05, 0) is 25.8 Å². The standard InChI is InChI=1S/C14H29NO2/c1-2-3-4-7-10-13-17-14(16)11-8-5-6-9-12-15/h2-13,15H2,1H3. The molecule has 0 bridgehead atoms. The molecule has 0 aliphatic heterocycles. The molecular weight excluding hydrogens is 214 g/mol. The summed E-state index contributed by atoms with van der Waals surface area (Å²) in [6, 6.07) is 0. The van der Waals surface area contributed by atoms with Crippen molar-refractivity contribution in [2.24, 2.45) is 5.73 Å². The van der Waals surface area contributed by atoms with Crippen LogP contribution >= 0.6 is 0 Å². The Balaban J connectivity index is 3.12. The highest BCUT2D eigenvalue weighted by atomic mass is 16.5. The minimum Gasteiger partial charge on any atom is -0.466 e. The number of ether oxygens (including phenoxy) is 1. The number of hydrogen-bond donors (Lipinski definition) is 1. The van der Waals surface area contributed by atoms with Crippen molar-refractivity contribution in [3.63, 3.8) is 0 Å². The molecule has 0 saturated carbocycles. The van der Waals surface area contributed by atoms with Gasteiger partial charge in [0, 0.05) is 6.42 Å². The van der Waals surface area contributed by atoms with Crippen LogP contribution in [0.5, 0.6) is 0 Å². The Morgan fingerprint density at radius 3 is 2.29 bits per heavy atom. The average molecular weight is 243 g/mol. The molecule has 0 atom stereocenters. The van der Waals surface area contributed by atoms with Crippen LogP contribution in [-0.4, -0.2) is 19.1 Å². The van der Waals surface area contributed by atoms with Crippen molar-refractivity contribution in [2.75, 3.05) is 13.2 Å². The minimum absolute atomic E-state index is 0.0340.